The molecule has 0 bridgehead atoms. The van der Waals surface area contributed by atoms with Crippen molar-refractivity contribution in [2.75, 3.05) is 11.4 Å². The summed E-state index contributed by atoms with van der Waals surface area (Å²) in [4.78, 5) is 1.90. The van der Waals surface area contributed by atoms with E-state index in [1.165, 1.54) is 18.2 Å². The Kier molecular flexibility index (Phi) is 5.58. The number of anilines is 1. The smallest absolute Gasteiger partial charge is 0.361 e. The van der Waals surface area contributed by atoms with E-state index < -0.39 is 21.8 Å². The molecule has 0 spiro atoms. The summed E-state index contributed by atoms with van der Waals surface area (Å²) in [5, 5.41) is 0. The van der Waals surface area contributed by atoms with Gasteiger partial charge in [0.2, 0.25) is 0 Å². The van der Waals surface area contributed by atoms with E-state index in [9.17, 15) is 21.6 Å². The van der Waals surface area contributed by atoms with Crippen LogP contribution in [0, 0.1) is 0 Å². The molecule has 0 amide bonds. The van der Waals surface area contributed by atoms with Crippen LogP contribution >= 0.6 is 0 Å². The minimum absolute atomic E-state index is 0.0383. The standard InChI is InChI=1S/C23H19F3N2O2S/c24-23(25,26)19-11-12-22-18(13-19)14-20(16-28(22)15-17-7-3-1-4-8-17)27-31(29,30)21-9-5-2-6-10-21/h1-13H,14-16H2. The summed E-state index contributed by atoms with van der Waals surface area (Å²) in [6.45, 7) is 0.628. The summed E-state index contributed by atoms with van der Waals surface area (Å²) >= 11 is 0. The Balaban J connectivity index is 1.75. The largest absolute Gasteiger partial charge is 0.416 e. The zero-order valence-electron chi connectivity index (χ0n) is 16.4. The summed E-state index contributed by atoms with van der Waals surface area (Å²) in [6, 6.07) is 20.8. The molecule has 3 aromatic rings. The summed E-state index contributed by atoms with van der Waals surface area (Å²) < 4.78 is 69.2. The molecule has 0 fully saturated rings. The molecule has 1 aliphatic heterocycles. The van der Waals surface area contributed by atoms with E-state index in [0.717, 1.165) is 17.7 Å². The van der Waals surface area contributed by atoms with Crippen molar-refractivity contribution in [2.24, 2.45) is 4.40 Å². The predicted molar refractivity (Wildman–Crippen MR) is 114 cm³/mol. The highest BCUT2D eigenvalue weighted by Gasteiger charge is 2.33. The summed E-state index contributed by atoms with van der Waals surface area (Å²) in [7, 11) is -3.96. The molecule has 0 N–H and O–H groups in total. The molecule has 160 valence electrons. The van der Waals surface area contributed by atoms with E-state index in [1.807, 2.05) is 35.2 Å². The Labute approximate surface area is 178 Å². The third-order valence-corrected chi connectivity index (χ3v) is 6.39. The topological polar surface area (TPSA) is 49.7 Å². The maximum absolute atomic E-state index is 13.3. The molecule has 0 aromatic heterocycles. The zero-order valence-corrected chi connectivity index (χ0v) is 17.2. The fourth-order valence-corrected chi connectivity index (χ4v) is 4.68. The maximum Gasteiger partial charge on any atom is 0.416 e. The molecule has 8 heteroatoms. The molecular weight excluding hydrogens is 425 g/mol. The van der Waals surface area contributed by atoms with E-state index >= 15 is 0 Å². The fraction of sp³-hybridized carbons (Fsp3) is 0.174. The molecule has 3 aromatic carbocycles. The van der Waals surface area contributed by atoms with Gasteiger partial charge in [-0.1, -0.05) is 48.5 Å². The highest BCUT2D eigenvalue weighted by molar-refractivity contribution is 7.90. The number of sulfonamides is 1. The van der Waals surface area contributed by atoms with Crippen LogP contribution in [0.25, 0.3) is 0 Å². The van der Waals surface area contributed by atoms with Crippen LogP contribution < -0.4 is 4.90 Å². The molecule has 0 saturated carbocycles. The van der Waals surface area contributed by atoms with Gasteiger partial charge in [-0.2, -0.15) is 26.0 Å². The van der Waals surface area contributed by atoms with Gasteiger partial charge in [0.15, 0.2) is 0 Å². The Morgan fingerprint density at radius 3 is 2.19 bits per heavy atom. The maximum atomic E-state index is 13.3. The molecule has 1 aliphatic rings. The quantitative estimate of drug-likeness (QED) is 0.563. The van der Waals surface area contributed by atoms with Gasteiger partial charge < -0.3 is 4.90 Å². The van der Waals surface area contributed by atoms with Crippen LogP contribution in [0.1, 0.15) is 16.7 Å². The Bertz CT molecular complexity index is 1210. The van der Waals surface area contributed by atoms with Gasteiger partial charge in [-0.3, -0.25) is 0 Å². The fourth-order valence-electron chi connectivity index (χ4n) is 3.61. The van der Waals surface area contributed by atoms with Crippen LogP contribution in [-0.2, 0) is 29.2 Å². The first-order valence-electron chi connectivity index (χ1n) is 9.59. The van der Waals surface area contributed by atoms with Crippen LogP contribution in [0.3, 0.4) is 0 Å². The average Bonchev–Trinajstić information content (AvgIpc) is 2.74. The first-order valence-corrected chi connectivity index (χ1v) is 11.0. The minimum Gasteiger partial charge on any atom is -0.361 e. The monoisotopic (exact) mass is 444 g/mol. The highest BCUT2D eigenvalue weighted by Crippen LogP contribution is 2.35. The van der Waals surface area contributed by atoms with Crippen molar-refractivity contribution in [1.29, 1.82) is 0 Å². The molecular formula is C23H19F3N2O2S. The number of benzene rings is 3. The third kappa shape index (κ3) is 4.80. The number of halogens is 3. The Morgan fingerprint density at radius 1 is 0.903 bits per heavy atom. The molecule has 0 saturated heterocycles. The lowest BCUT2D eigenvalue weighted by Crippen LogP contribution is -2.36. The molecule has 4 nitrogen and oxygen atoms in total. The van der Waals surface area contributed by atoms with Crippen LogP contribution in [0.15, 0.2) is 88.2 Å². The summed E-state index contributed by atoms with van der Waals surface area (Å²) in [5.74, 6) is 0. The average molecular weight is 444 g/mol. The van der Waals surface area contributed by atoms with Gasteiger partial charge in [-0.05, 0) is 41.5 Å². The Morgan fingerprint density at radius 2 is 1.55 bits per heavy atom. The molecule has 31 heavy (non-hydrogen) atoms. The van der Waals surface area contributed by atoms with E-state index in [-0.39, 0.29) is 17.9 Å². The molecule has 1 heterocycles. The number of hydrogen-bond acceptors (Lipinski definition) is 3. The van der Waals surface area contributed by atoms with Crippen molar-refractivity contribution < 1.29 is 21.6 Å². The van der Waals surface area contributed by atoms with Gasteiger partial charge in [0, 0.05) is 18.7 Å². The lowest BCUT2D eigenvalue weighted by atomic mass is 9.97. The Hall–Kier alpha value is -3.13. The second-order valence-corrected chi connectivity index (χ2v) is 8.91. The summed E-state index contributed by atoms with van der Waals surface area (Å²) in [5.41, 5.74) is 1.54. The van der Waals surface area contributed by atoms with Crippen molar-refractivity contribution in [2.45, 2.75) is 24.0 Å². The van der Waals surface area contributed by atoms with E-state index in [1.54, 1.807) is 18.2 Å². The lowest BCUT2D eigenvalue weighted by molar-refractivity contribution is -0.137. The number of nitrogens with zero attached hydrogens (tertiary/aromatic N) is 2. The van der Waals surface area contributed by atoms with Gasteiger partial charge in [-0.15, -0.1) is 0 Å². The third-order valence-electron chi connectivity index (χ3n) is 5.02. The summed E-state index contributed by atoms with van der Waals surface area (Å²) in [6.07, 6.45) is -4.44. The SMILES string of the molecule is O=S(=O)(N=C1Cc2cc(C(F)(F)F)ccc2N(Cc2ccccc2)C1)c1ccccc1. The molecule has 0 radical (unpaired) electrons. The second kappa shape index (κ2) is 8.19. The number of hydrogen-bond donors (Lipinski definition) is 0. The van der Waals surface area contributed by atoms with Gasteiger partial charge in [0.1, 0.15) is 0 Å². The number of rotatable bonds is 4. The molecule has 4 rings (SSSR count). The lowest BCUT2D eigenvalue weighted by Gasteiger charge is -2.32. The van der Waals surface area contributed by atoms with E-state index in [2.05, 4.69) is 4.40 Å². The van der Waals surface area contributed by atoms with Crippen molar-refractivity contribution in [3.8, 4) is 0 Å². The van der Waals surface area contributed by atoms with Crippen molar-refractivity contribution >= 4 is 21.4 Å². The molecule has 0 unspecified atom stereocenters. The van der Waals surface area contributed by atoms with Crippen LogP contribution in [-0.4, -0.2) is 20.7 Å². The van der Waals surface area contributed by atoms with E-state index in [0.29, 0.717) is 23.5 Å². The van der Waals surface area contributed by atoms with Crippen LogP contribution in [0.5, 0.6) is 0 Å². The highest BCUT2D eigenvalue weighted by atomic mass is 32.2. The normalized spacial score (nSPS) is 15.7. The van der Waals surface area contributed by atoms with Crippen molar-refractivity contribution in [1.82, 2.24) is 0 Å². The van der Waals surface area contributed by atoms with Crippen LogP contribution in [0.4, 0.5) is 18.9 Å². The van der Waals surface area contributed by atoms with Gasteiger partial charge in [-0.25, -0.2) is 0 Å². The van der Waals surface area contributed by atoms with Crippen molar-refractivity contribution in [3.05, 3.63) is 95.6 Å². The molecule has 0 aliphatic carbocycles. The van der Waals surface area contributed by atoms with Gasteiger partial charge >= 0.3 is 6.18 Å². The second-order valence-electron chi connectivity index (χ2n) is 7.31. The zero-order chi connectivity index (χ0) is 22.1. The van der Waals surface area contributed by atoms with Crippen LogP contribution in [0.2, 0.25) is 0 Å². The van der Waals surface area contributed by atoms with Crippen molar-refractivity contribution in [3.63, 3.8) is 0 Å². The predicted octanol–water partition coefficient (Wildman–Crippen LogP) is 5.10. The first-order chi connectivity index (χ1) is 14.7. The van der Waals surface area contributed by atoms with Gasteiger partial charge in [0.25, 0.3) is 10.0 Å². The number of fused-ring (bicyclic) bond motifs is 1. The van der Waals surface area contributed by atoms with Gasteiger partial charge in [0.05, 0.1) is 22.7 Å². The first kappa shape index (κ1) is 21.1. The number of alkyl halides is 3. The molecule has 0 atom stereocenters. The van der Waals surface area contributed by atoms with E-state index in [4.69, 9.17) is 0 Å². The minimum atomic E-state index is -4.48.